The SMILES string of the molecule is CCC[C@@H](N)C(=O)NC(C(=O)O)c1ccccc1. The van der Waals surface area contributed by atoms with E-state index >= 15 is 0 Å². The summed E-state index contributed by atoms with van der Waals surface area (Å²) in [6.07, 6.45) is 1.31. The number of carbonyl (C=O) groups is 2. The summed E-state index contributed by atoms with van der Waals surface area (Å²) in [5.41, 5.74) is 6.18. The van der Waals surface area contributed by atoms with E-state index in [0.29, 0.717) is 12.0 Å². The van der Waals surface area contributed by atoms with Crippen molar-refractivity contribution in [1.29, 1.82) is 0 Å². The van der Waals surface area contributed by atoms with Crippen LogP contribution in [-0.4, -0.2) is 23.0 Å². The van der Waals surface area contributed by atoms with Crippen LogP contribution < -0.4 is 11.1 Å². The number of amides is 1. The molecular formula is C13H18N2O3. The van der Waals surface area contributed by atoms with Gasteiger partial charge in [0.25, 0.3) is 0 Å². The molecule has 0 aliphatic rings. The molecule has 4 N–H and O–H groups in total. The minimum atomic E-state index is -1.10. The first kappa shape index (κ1) is 14.2. The smallest absolute Gasteiger partial charge is 0.330 e. The van der Waals surface area contributed by atoms with Crippen molar-refractivity contribution in [3.63, 3.8) is 0 Å². The van der Waals surface area contributed by atoms with E-state index in [1.165, 1.54) is 0 Å². The van der Waals surface area contributed by atoms with E-state index < -0.39 is 24.0 Å². The van der Waals surface area contributed by atoms with Crippen LogP contribution in [0.5, 0.6) is 0 Å². The normalized spacial score (nSPS) is 13.7. The Labute approximate surface area is 106 Å². The number of aliphatic carboxylic acids is 1. The lowest BCUT2D eigenvalue weighted by Crippen LogP contribution is -2.44. The highest BCUT2D eigenvalue weighted by Crippen LogP contribution is 2.13. The topological polar surface area (TPSA) is 92.4 Å². The number of carboxylic acid groups (broad SMARTS) is 1. The molecule has 1 unspecified atom stereocenters. The third-order valence-electron chi connectivity index (χ3n) is 2.60. The van der Waals surface area contributed by atoms with Gasteiger partial charge in [0, 0.05) is 0 Å². The molecule has 1 aromatic rings. The number of nitrogens with two attached hydrogens (primary N) is 1. The van der Waals surface area contributed by atoms with Crippen molar-refractivity contribution in [2.24, 2.45) is 5.73 Å². The molecule has 0 saturated heterocycles. The summed E-state index contributed by atoms with van der Waals surface area (Å²) in [7, 11) is 0. The summed E-state index contributed by atoms with van der Waals surface area (Å²) in [5, 5.41) is 11.6. The van der Waals surface area contributed by atoms with Crippen LogP contribution in [0.1, 0.15) is 31.4 Å². The van der Waals surface area contributed by atoms with Crippen molar-refractivity contribution < 1.29 is 14.7 Å². The zero-order chi connectivity index (χ0) is 13.5. The molecule has 2 atom stereocenters. The first-order chi connectivity index (χ1) is 8.56. The molecule has 0 fully saturated rings. The van der Waals surface area contributed by atoms with E-state index in [1.54, 1.807) is 30.3 Å². The van der Waals surface area contributed by atoms with Gasteiger partial charge in [-0.25, -0.2) is 4.79 Å². The Balaban J connectivity index is 2.76. The highest BCUT2D eigenvalue weighted by molar-refractivity contribution is 5.87. The van der Waals surface area contributed by atoms with Gasteiger partial charge in [0.1, 0.15) is 0 Å². The molecule has 5 nitrogen and oxygen atoms in total. The monoisotopic (exact) mass is 250 g/mol. The zero-order valence-electron chi connectivity index (χ0n) is 10.3. The van der Waals surface area contributed by atoms with Gasteiger partial charge in [-0.15, -0.1) is 0 Å². The van der Waals surface area contributed by atoms with Crippen LogP contribution in [0.2, 0.25) is 0 Å². The molecule has 5 heteroatoms. The van der Waals surface area contributed by atoms with Crippen molar-refractivity contribution in [3.8, 4) is 0 Å². The van der Waals surface area contributed by atoms with Gasteiger partial charge in [0.2, 0.25) is 5.91 Å². The van der Waals surface area contributed by atoms with Gasteiger partial charge in [0.05, 0.1) is 6.04 Å². The first-order valence-corrected chi connectivity index (χ1v) is 5.90. The molecule has 0 aromatic heterocycles. The van der Waals surface area contributed by atoms with Crippen molar-refractivity contribution >= 4 is 11.9 Å². The van der Waals surface area contributed by atoms with E-state index in [1.807, 2.05) is 6.92 Å². The molecule has 1 rings (SSSR count). The third kappa shape index (κ3) is 3.85. The quantitative estimate of drug-likeness (QED) is 0.703. The highest BCUT2D eigenvalue weighted by atomic mass is 16.4. The highest BCUT2D eigenvalue weighted by Gasteiger charge is 2.24. The molecule has 1 aromatic carbocycles. The lowest BCUT2D eigenvalue weighted by atomic mass is 10.1. The Bertz CT molecular complexity index is 406. The van der Waals surface area contributed by atoms with Gasteiger partial charge in [-0.2, -0.15) is 0 Å². The van der Waals surface area contributed by atoms with Crippen molar-refractivity contribution in [2.75, 3.05) is 0 Å². The van der Waals surface area contributed by atoms with Gasteiger partial charge >= 0.3 is 5.97 Å². The lowest BCUT2D eigenvalue weighted by molar-refractivity contribution is -0.142. The van der Waals surface area contributed by atoms with E-state index in [2.05, 4.69) is 5.32 Å². The number of carboxylic acids is 1. The minimum absolute atomic E-state index is 0.437. The number of hydrogen-bond acceptors (Lipinski definition) is 3. The second-order valence-electron chi connectivity index (χ2n) is 4.09. The van der Waals surface area contributed by atoms with Crippen LogP contribution in [0.25, 0.3) is 0 Å². The van der Waals surface area contributed by atoms with Gasteiger partial charge in [0.15, 0.2) is 6.04 Å². The second kappa shape index (κ2) is 6.76. The predicted molar refractivity (Wildman–Crippen MR) is 67.8 cm³/mol. The van der Waals surface area contributed by atoms with Crippen LogP contribution in [-0.2, 0) is 9.59 Å². The van der Waals surface area contributed by atoms with Crippen molar-refractivity contribution in [2.45, 2.75) is 31.8 Å². The zero-order valence-corrected chi connectivity index (χ0v) is 10.3. The second-order valence-corrected chi connectivity index (χ2v) is 4.09. The van der Waals surface area contributed by atoms with Crippen LogP contribution in [0, 0.1) is 0 Å². The first-order valence-electron chi connectivity index (χ1n) is 5.90. The summed E-state index contributed by atoms with van der Waals surface area (Å²) < 4.78 is 0. The van der Waals surface area contributed by atoms with Crippen LogP contribution in [0.3, 0.4) is 0 Å². The number of benzene rings is 1. The molecule has 0 aliphatic carbocycles. The average molecular weight is 250 g/mol. The van der Waals surface area contributed by atoms with Crippen molar-refractivity contribution in [1.82, 2.24) is 5.32 Å². The summed E-state index contributed by atoms with van der Waals surface area (Å²) in [4.78, 5) is 22.9. The predicted octanol–water partition coefficient (Wildman–Crippen LogP) is 1.06. The molecule has 0 saturated carbocycles. The van der Waals surface area contributed by atoms with Crippen LogP contribution in [0.4, 0.5) is 0 Å². The Morgan fingerprint density at radius 3 is 2.44 bits per heavy atom. The number of nitrogens with one attached hydrogen (secondary N) is 1. The Morgan fingerprint density at radius 2 is 1.94 bits per heavy atom. The fourth-order valence-electron chi connectivity index (χ4n) is 1.62. The molecule has 1 amide bonds. The lowest BCUT2D eigenvalue weighted by Gasteiger charge is -2.17. The number of rotatable bonds is 6. The Hall–Kier alpha value is -1.88. The largest absolute Gasteiger partial charge is 0.479 e. The molecule has 98 valence electrons. The summed E-state index contributed by atoms with van der Waals surface area (Å²) in [6.45, 7) is 1.92. The van der Waals surface area contributed by atoms with Gasteiger partial charge in [-0.05, 0) is 12.0 Å². The maximum Gasteiger partial charge on any atom is 0.330 e. The Kier molecular flexibility index (Phi) is 5.32. The fraction of sp³-hybridized carbons (Fsp3) is 0.385. The molecule has 0 aliphatic heterocycles. The molecular weight excluding hydrogens is 232 g/mol. The minimum Gasteiger partial charge on any atom is -0.479 e. The van der Waals surface area contributed by atoms with Gasteiger partial charge in [-0.3, -0.25) is 4.79 Å². The molecule has 0 bridgehead atoms. The summed E-state index contributed by atoms with van der Waals surface area (Å²) >= 11 is 0. The number of hydrogen-bond donors (Lipinski definition) is 3. The molecule has 18 heavy (non-hydrogen) atoms. The summed E-state index contributed by atoms with van der Waals surface area (Å²) in [6, 6.07) is 6.83. The van der Waals surface area contributed by atoms with Gasteiger partial charge < -0.3 is 16.2 Å². The molecule has 0 heterocycles. The van der Waals surface area contributed by atoms with Crippen LogP contribution >= 0.6 is 0 Å². The number of carbonyl (C=O) groups excluding carboxylic acids is 1. The van der Waals surface area contributed by atoms with E-state index in [-0.39, 0.29) is 0 Å². The standard InChI is InChI=1S/C13H18N2O3/c1-2-6-10(14)12(16)15-11(13(17)18)9-7-4-3-5-8-9/h3-5,7-8,10-11H,2,6,14H2,1H3,(H,15,16)(H,17,18)/t10-,11?/m1/s1. The average Bonchev–Trinajstić information content (AvgIpc) is 2.36. The molecule has 0 spiro atoms. The summed E-state index contributed by atoms with van der Waals surface area (Å²) in [5.74, 6) is -1.54. The van der Waals surface area contributed by atoms with E-state index in [0.717, 1.165) is 6.42 Å². The van der Waals surface area contributed by atoms with Crippen molar-refractivity contribution in [3.05, 3.63) is 35.9 Å². The van der Waals surface area contributed by atoms with E-state index in [4.69, 9.17) is 10.8 Å². The van der Waals surface area contributed by atoms with E-state index in [9.17, 15) is 9.59 Å². The van der Waals surface area contributed by atoms with Crippen LogP contribution in [0.15, 0.2) is 30.3 Å². The molecule has 0 radical (unpaired) electrons. The maximum atomic E-state index is 11.7. The fourth-order valence-corrected chi connectivity index (χ4v) is 1.62. The maximum absolute atomic E-state index is 11.7. The Morgan fingerprint density at radius 1 is 1.33 bits per heavy atom. The third-order valence-corrected chi connectivity index (χ3v) is 2.60. The van der Waals surface area contributed by atoms with Gasteiger partial charge in [-0.1, -0.05) is 43.7 Å².